The van der Waals surface area contributed by atoms with Crippen LogP contribution in [-0.4, -0.2) is 24.5 Å². The number of hydrogen-bond acceptors (Lipinski definition) is 4. The maximum atomic E-state index is 13.0. The second kappa shape index (κ2) is 8.17. The molecule has 2 aromatic rings. The monoisotopic (exact) mass is 359 g/mol. The molecular weight excluding hydrogens is 337 g/mol. The van der Waals surface area contributed by atoms with Crippen LogP contribution < -0.4 is 5.32 Å². The zero-order chi connectivity index (χ0) is 18.5. The topological polar surface area (TPSA) is 68.5 Å². The molecule has 0 radical (unpaired) electrons. The van der Waals surface area contributed by atoms with Gasteiger partial charge in [-0.05, 0) is 68.0 Å². The Balaban J connectivity index is 1.49. The number of nitrogens with one attached hydrogen (secondary N) is 1. The Hall–Kier alpha value is -2.63. The van der Waals surface area contributed by atoms with Gasteiger partial charge in [0.25, 0.3) is 5.91 Å². The highest BCUT2D eigenvalue weighted by Gasteiger charge is 2.21. The summed E-state index contributed by atoms with van der Waals surface area (Å²) in [4.78, 5) is 24.0. The van der Waals surface area contributed by atoms with Crippen LogP contribution in [0.1, 0.15) is 43.2 Å². The molecule has 0 unspecified atom stereocenters. The minimum absolute atomic E-state index is 0.00335. The SMILES string of the molecule is CC1CCC(NC(=O)COC(=O)c2ccc(-c3ccc(F)cc3)o2)CC1. The Labute approximate surface area is 151 Å². The summed E-state index contributed by atoms with van der Waals surface area (Å²) >= 11 is 0. The van der Waals surface area contributed by atoms with E-state index < -0.39 is 5.97 Å². The Morgan fingerprint density at radius 3 is 2.50 bits per heavy atom. The third kappa shape index (κ3) is 4.71. The summed E-state index contributed by atoms with van der Waals surface area (Å²) in [6.45, 7) is 1.88. The van der Waals surface area contributed by atoms with Gasteiger partial charge in [-0.2, -0.15) is 0 Å². The van der Waals surface area contributed by atoms with Gasteiger partial charge in [0.2, 0.25) is 5.76 Å². The molecule has 1 saturated carbocycles. The molecule has 1 aliphatic rings. The number of rotatable bonds is 5. The smallest absolute Gasteiger partial charge is 0.374 e. The average molecular weight is 359 g/mol. The predicted molar refractivity (Wildman–Crippen MR) is 93.9 cm³/mol. The van der Waals surface area contributed by atoms with Crippen molar-refractivity contribution >= 4 is 11.9 Å². The van der Waals surface area contributed by atoms with E-state index in [-0.39, 0.29) is 30.1 Å². The Morgan fingerprint density at radius 1 is 1.12 bits per heavy atom. The van der Waals surface area contributed by atoms with Gasteiger partial charge in [0.05, 0.1) is 0 Å². The number of esters is 1. The zero-order valence-electron chi connectivity index (χ0n) is 14.7. The molecule has 1 aliphatic carbocycles. The zero-order valence-corrected chi connectivity index (χ0v) is 14.7. The van der Waals surface area contributed by atoms with Crippen molar-refractivity contribution in [3.8, 4) is 11.3 Å². The van der Waals surface area contributed by atoms with Crippen LogP contribution in [0.25, 0.3) is 11.3 Å². The van der Waals surface area contributed by atoms with E-state index in [1.807, 2.05) is 0 Å². The molecule has 0 spiro atoms. The number of carbonyl (C=O) groups excluding carboxylic acids is 2. The van der Waals surface area contributed by atoms with Crippen molar-refractivity contribution in [1.29, 1.82) is 0 Å². The third-order valence-electron chi connectivity index (χ3n) is 4.65. The number of furan rings is 1. The molecule has 6 heteroatoms. The molecule has 1 fully saturated rings. The van der Waals surface area contributed by atoms with Gasteiger partial charge >= 0.3 is 5.97 Å². The van der Waals surface area contributed by atoms with Crippen LogP contribution in [0, 0.1) is 11.7 Å². The lowest BCUT2D eigenvalue weighted by atomic mass is 9.87. The normalized spacial score (nSPS) is 19.8. The van der Waals surface area contributed by atoms with Gasteiger partial charge in [0.15, 0.2) is 6.61 Å². The Bertz CT molecular complexity index is 760. The van der Waals surface area contributed by atoms with E-state index in [2.05, 4.69) is 12.2 Å². The van der Waals surface area contributed by atoms with Gasteiger partial charge in [-0.15, -0.1) is 0 Å². The van der Waals surface area contributed by atoms with Gasteiger partial charge < -0.3 is 14.5 Å². The summed E-state index contributed by atoms with van der Waals surface area (Å²) in [5.74, 6) is -0.219. The maximum absolute atomic E-state index is 13.0. The number of benzene rings is 1. The van der Waals surface area contributed by atoms with Gasteiger partial charge in [-0.25, -0.2) is 9.18 Å². The molecule has 1 heterocycles. The highest BCUT2D eigenvalue weighted by atomic mass is 19.1. The standard InChI is InChI=1S/C20H22FNO4/c1-13-2-8-16(9-3-13)22-19(23)12-25-20(24)18-11-10-17(26-18)14-4-6-15(21)7-5-14/h4-7,10-11,13,16H,2-3,8-9,12H2,1H3,(H,22,23). The largest absolute Gasteiger partial charge is 0.450 e. The van der Waals surface area contributed by atoms with Gasteiger partial charge in [0, 0.05) is 11.6 Å². The highest BCUT2D eigenvalue weighted by molar-refractivity contribution is 5.89. The first-order valence-electron chi connectivity index (χ1n) is 8.83. The quantitative estimate of drug-likeness (QED) is 0.821. The number of halogens is 1. The fourth-order valence-electron chi connectivity index (χ4n) is 3.09. The van der Waals surface area contributed by atoms with E-state index in [9.17, 15) is 14.0 Å². The fourth-order valence-corrected chi connectivity index (χ4v) is 3.09. The molecule has 1 amide bonds. The van der Waals surface area contributed by atoms with E-state index in [1.165, 1.54) is 18.2 Å². The number of carbonyl (C=O) groups is 2. The van der Waals surface area contributed by atoms with Crippen LogP contribution in [0.3, 0.4) is 0 Å². The Kier molecular flexibility index (Phi) is 5.71. The predicted octanol–water partition coefficient (Wildman–Crippen LogP) is 3.94. The lowest BCUT2D eigenvalue weighted by molar-refractivity contribution is -0.125. The molecule has 5 nitrogen and oxygen atoms in total. The minimum atomic E-state index is -0.703. The first kappa shape index (κ1) is 18.2. The van der Waals surface area contributed by atoms with E-state index in [4.69, 9.17) is 9.15 Å². The molecule has 0 bridgehead atoms. The maximum Gasteiger partial charge on any atom is 0.374 e. The van der Waals surface area contributed by atoms with Crippen molar-refractivity contribution < 1.29 is 23.1 Å². The van der Waals surface area contributed by atoms with Gasteiger partial charge in [0.1, 0.15) is 11.6 Å². The lowest BCUT2D eigenvalue weighted by Crippen LogP contribution is -2.39. The van der Waals surface area contributed by atoms with Crippen LogP contribution in [-0.2, 0) is 9.53 Å². The summed E-state index contributed by atoms with van der Waals surface area (Å²) in [6, 6.07) is 8.97. The first-order chi connectivity index (χ1) is 12.5. The van der Waals surface area contributed by atoms with E-state index >= 15 is 0 Å². The fraction of sp³-hybridized carbons (Fsp3) is 0.400. The van der Waals surface area contributed by atoms with Crippen molar-refractivity contribution in [1.82, 2.24) is 5.32 Å². The van der Waals surface area contributed by atoms with Crippen molar-refractivity contribution in [3.05, 3.63) is 48.0 Å². The van der Waals surface area contributed by atoms with E-state index in [0.29, 0.717) is 17.2 Å². The lowest BCUT2D eigenvalue weighted by Gasteiger charge is -2.26. The molecule has 0 aliphatic heterocycles. The summed E-state index contributed by atoms with van der Waals surface area (Å²) in [7, 11) is 0. The molecule has 3 rings (SSSR count). The molecule has 1 aromatic heterocycles. The number of hydrogen-bond donors (Lipinski definition) is 1. The van der Waals surface area contributed by atoms with Crippen LogP contribution in [0.5, 0.6) is 0 Å². The minimum Gasteiger partial charge on any atom is -0.450 e. The molecular formula is C20H22FNO4. The number of ether oxygens (including phenoxy) is 1. The molecule has 1 N–H and O–H groups in total. The van der Waals surface area contributed by atoms with Crippen molar-refractivity contribution in [3.63, 3.8) is 0 Å². The van der Waals surface area contributed by atoms with Crippen LogP contribution in [0.15, 0.2) is 40.8 Å². The summed E-state index contributed by atoms with van der Waals surface area (Å²) in [5, 5.41) is 2.90. The van der Waals surface area contributed by atoms with Gasteiger partial charge in [-0.1, -0.05) is 6.92 Å². The van der Waals surface area contributed by atoms with Crippen molar-refractivity contribution in [2.45, 2.75) is 38.6 Å². The summed E-state index contributed by atoms with van der Waals surface area (Å²) in [6.07, 6.45) is 4.12. The average Bonchev–Trinajstić information content (AvgIpc) is 3.12. The Morgan fingerprint density at radius 2 is 1.81 bits per heavy atom. The summed E-state index contributed by atoms with van der Waals surface area (Å²) < 4.78 is 23.4. The number of amides is 1. The summed E-state index contributed by atoms with van der Waals surface area (Å²) in [5.41, 5.74) is 0.648. The van der Waals surface area contributed by atoms with Crippen LogP contribution >= 0.6 is 0 Å². The highest BCUT2D eigenvalue weighted by Crippen LogP contribution is 2.24. The molecule has 26 heavy (non-hydrogen) atoms. The molecule has 0 atom stereocenters. The van der Waals surface area contributed by atoms with E-state index in [1.54, 1.807) is 18.2 Å². The van der Waals surface area contributed by atoms with Crippen molar-refractivity contribution in [2.24, 2.45) is 5.92 Å². The molecule has 138 valence electrons. The van der Waals surface area contributed by atoms with Crippen molar-refractivity contribution in [2.75, 3.05) is 6.61 Å². The third-order valence-corrected chi connectivity index (χ3v) is 4.65. The molecule has 0 saturated heterocycles. The van der Waals surface area contributed by atoms with E-state index in [0.717, 1.165) is 25.7 Å². The second-order valence-corrected chi connectivity index (χ2v) is 6.77. The van der Waals surface area contributed by atoms with Gasteiger partial charge in [-0.3, -0.25) is 4.79 Å². The van der Waals surface area contributed by atoms with Crippen LogP contribution in [0.2, 0.25) is 0 Å². The first-order valence-corrected chi connectivity index (χ1v) is 8.83. The second-order valence-electron chi connectivity index (χ2n) is 6.77. The van der Waals surface area contributed by atoms with Crippen LogP contribution in [0.4, 0.5) is 4.39 Å². The molecule has 1 aromatic carbocycles.